The first-order valence-electron chi connectivity index (χ1n) is 6.15. The van der Waals surface area contributed by atoms with Gasteiger partial charge in [-0.1, -0.05) is 12.1 Å². The van der Waals surface area contributed by atoms with Gasteiger partial charge in [0, 0.05) is 25.4 Å². The van der Waals surface area contributed by atoms with Crippen molar-refractivity contribution in [2.45, 2.75) is 13.0 Å². The van der Waals surface area contributed by atoms with Gasteiger partial charge in [-0.05, 0) is 18.2 Å². The summed E-state index contributed by atoms with van der Waals surface area (Å²) in [6.45, 7) is 0.485. The van der Waals surface area contributed by atoms with Crippen LogP contribution in [0.2, 0.25) is 0 Å². The molecular formula is C14H15N3O3. The summed E-state index contributed by atoms with van der Waals surface area (Å²) in [7, 11) is 1.30. The lowest BCUT2D eigenvalue weighted by molar-refractivity contribution is -0.116. The molecular weight excluding hydrogens is 258 g/mol. The van der Waals surface area contributed by atoms with Crippen LogP contribution in [0.15, 0.2) is 42.7 Å². The second kappa shape index (κ2) is 6.51. The van der Waals surface area contributed by atoms with Crippen molar-refractivity contribution in [1.29, 1.82) is 0 Å². The third kappa shape index (κ3) is 3.44. The quantitative estimate of drug-likeness (QED) is 0.841. The normalized spacial score (nSPS) is 10.1. The number of nitrogens with zero attached hydrogens (tertiary/aromatic N) is 2. The number of benzene rings is 1. The fraction of sp³-hybridized carbons (Fsp3) is 0.214. The van der Waals surface area contributed by atoms with Crippen molar-refractivity contribution < 1.29 is 14.3 Å². The van der Waals surface area contributed by atoms with E-state index < -0.39 is 5.97 Å². The number of aromatic nitrogens is 2. The Hall–Kier alpha value is -2.63. The highest BCUT2D eigenvalue weighted by atomic mass is 16.5. The average molecular weight is 273 g/mol. The lowest BCUT2D eigenvalue weighted by atomic mass is 10.1. The third-order valence-corrected chi connectivity index (χ3v) is 2.73. The number of rotatable bonds is 5. The predicted molar refractivity (Wildman–Crippen MR) is 73.3 cm³/mol. The van der Waals surface area contributed by atoms with Crippen LogP contribution in [0.4, 0.5) is 5.69 Å². The number of anilines is 1. The minimum Gasteiger partial charge on any atom is -0.465 e. The molecule has 1 heterocycles. The van der Waals surface area contributed by atoms with Crippen molar-refractivity contribution in [3.63, 3.8) is 0 Å². The molecule has 1 amide bonds. The number of methoxy groups -OCH3 is 1. The van der Waals surface area contributed by atoms with Crippen LogP contribution >= 0.6 is 0 Å². The summed E-state index contributed by atoms with van der Waals surface area (Å²) in [5.74, 6) is -0.662. The van der Waals surface area contributed by atoms with Crippen LogP contribution in [-0.2, 0) is 16.1 Å². The Morgan fingerprint density at radius 1 is 1.30 bits per heavy atom. The van der Waals surface area contributed by atoms with E-state index in [-0.39, 0.29) is 12.3 Å². The van der Waals surface area contributed by atoms with E-state index in [0.717, 1.165) is 0 Å². The fourth-order valence-electron chi connectivity index (χ4n) is 1.74. The van der Waals surface area contributed by atoms with Gasteiger partial charge in [0.1, 0.15) is 0 Å². The minimum absolute atomic E-state index is 0.183. The maximum absolute atomic E-state index is 11.9. The number of hydrogen-bond acceptors (Lipinski definition) is 4. The third-order valence-electron chi connectivity index (χ3n) is 2.73. The average Bonchev–Trinajstić information content (AvgIpc) is 2.98. The number of esters is 1. The van der Waals surface area contributed by atoms with Crippen molar-refractivity contribution in [2.24, 2.45) is 0 Å². The van der Waals surface area contributed by atoms with Crippen molar-refractivity contribution in [1.82, 2.24) is 9.78 Å². The largest absolute Gasteiger partial charge is 0.465 e. The van der Waals surface area contributed by atoms with Crippen LogP contribution in [0, 0.1) is 0 Å². The highest BCUT2D eigenvalue weighted by molar-refractivity contribution is 6.01. The molecule has 2 rings (SSSR count). The number of para-hydroxylation sites is 1. The molecule has 1 aromatic carbocycles. The summed E-state index contributed by atoms with van der Waals surface area (Å²) < 4.78 is 6.35. The Kier molecular flexibility index (Phi) is 4.49. The predicted octanol–water partition coefficient (Wildman–Crippen LogP) is 1.70. The first kappa shape index (κ1) is 13.8. The van der Waals surface area contributed by atoms with Crippen molar-refractivity contribution in [3.05, 3.63) is 48.3 Å². The van der Waals surface area contributed by atoms with E-state index in [2.05, 4.69) is 15.2 Å². The van der Waals surface area contributed by atoms with Crippen molar-refractivity contribution in [3.8, 4) is 0 Å². The number of ether oxygens (including phenoxy) is 1. The second-order valence-electron chi connectivity index (χ2n) is 4.10. The Balaban J connectivity index is 1.99. The molecule has 1 N–H and O–H groups in total. The van der Waals surface area contributed by atoms with Gasteiger partial charge < -0.3 is 10.1 Å². The maximum Gasteiger partial charge on any atom is 0.339 e. The van der Waals surface area contributed by atoms with E-state index in [0.29, 0.717) is 17.8 Å². The smallest absolute Gasteiger partial charge is 0.339 e. The summed E-state index contributed by atoms with van der Waals surface area (Å²) in [5, 5.41) is 6.72. The zero-order valence-electron chi connectivity index (χ0n) is 11.1. The first-order valence-corrected chi connectivity index (χ1v) is 6.15. The lowest BCUT2D eigenvalue weighted by Gasteiger charge is -2.09. The summed E-state index contributed by atoms with van der Waals surface area (Å²) in [4.78, 5) is 23.4. The monoisotopic (exact) mass is 273 g/mol. The van der Waals surface area contributed by atoms with E-state index >= 15 is 0 Å². The number of nitrogens with one attached hydrogen (secondary N) is 1. The molecule has 0 radical (unpaired) electrons. The van der Waals surface area contributed by atoms with Gasteiger partial charge in [-0.25, -0.2) is 4.79 Å². The van der Waals surface area contributed by atoms with Crippen LogP contribution in [-0.4, -0.2) is 28.8 Å². The van der Waals surface area contributed by atoms with Gasteiger partial charge in [-0.15, -0.1) is 0 Å². The maximum atomic E-state index is 11.9. The fourth-order valence-corrected chi connectivity index (χ4v) is 1.74. The standard InChI is InChI=1S/C14H15N3O3/c1-20-14(19)11-5-2-3-6-12(11)16-13(18)7-10-17-9-4-8-15-17/h2-6,8-9H,7,10H2,1H3,(H,16,18). The van der Waals surface area contributed by atoms with Gasteiger partial charge in [-0.3, -0.25) is 9.48 Å². The van der Waals surface area contributed by atoms with Gasteiger partial charge in [-0.2, -0.15) is 5.10 Å². The van der Waals surface area contributed by atoms with Crippen molar-refractivity contribution >= 4 is 17.6 Å². The second-order valence-corrected chi connectivity index (χ2v) is 4.10. The summed E-state index contributed by atoms with van der Waals surface area (Å²) >= 11 is 0. The molecule has 20 heavy (non-hydrogen) atoms. The zero-order chi connectivity index (χ0) is 14.4. The molecule has 0 fully saturated rings. The van der Waals surface area contributed by atoms with Crippen molar-refractivity contribution in [2.75, 3.05) is 12.4 Å². The highest BCUT2D eigenvalue weighted by Gasteiger charge is 2.13. The van der Waals surface area contributed by atoms with Crippen LogP contribution in [0.25, 0.3) is 0 Å². The van der Waals surface area contributed by atoms with E-state index in [1.165, 1.54) is 7.11 Å². The SMILES string of the molecule is COC(=O)c1ccccc1NC(=O)CCn1cccn1. The summed E-state index contributed by atoms with van der Waals surface area (Å²) in [6, 6.07) is 8.53. The lowest BCUT2D eigenvalue weighted by Crippen LogP contribution is -2.17. The topological polar surface area (TPSA) is 73.2 Å². The molecule has 6 nitrogen and oxygen atoms in total. The Morgan fingerprint density at radius 3 is 2.80 bits per heavy atom. The zero-order valence-corrected chi connectivity index (χ0v) is 11.1. The molecule has 0 bridgehead atoms. The molecule has 0 saturated carbocycles. The summed E-state index contributed by atoms with van der Waals surface area (Å²) in [6.07, 6.45) is 3.72. The Bertz CT molecular complexity index is 593. The van der Waals surface area contributed by atoms with Gasteiger partial charge in [0.2, 0.25) is 5.91 Å². The molecule has 2 aromatic rings. The Morgan fingerprint density at radius 2 is 2.10 bits per heavy atom. The van der Waals surface area contributed by atoms with E-state index in [1.807, 2.05) is 0 Å². The van der Waals surface area contributed by atoms with Crippen LogP contribution < -0.4 is 5.32 Å². The molecule has 0 spiro atoms. The Labute approximate surface area is 116 Å². The molecule has 0 aliphatic rings. The molecule has 0 saturated heterocycles. The number of amides is 1. The number of carbonyl (C=O) groups is 2. The molecule has 0 aliphatic heterocycles. The van der Waals surface area contributed by atoms with Gasteiger partial charge in [0.05, 0.1) is 18.4 Å². The van der Waals surface area contributed by atoms with Gasteiger partial charge >= 0.3 is 5.97 Å². The van der Waals surface area contributed by atoms with Crippen LogP contribution in [0.1, 0.15) is 16.8 Å². The molecule has 0 unspecified atom stereocenters. The number of carbonyl (C=O) groups excluding carboxylic acids is 2. The van der Waals surface area contributed by atoms with Gasteiger partial charge in [0.25, 0.3) is 0 Å². The minimum atomic E-state index is -0.479. The van der Waals surface area contributed by atoms with Crippen LogP contribution in [0.5, 0.6) is 0 Å². The van der Waals surface area contributed by atoms with Crippen LogP contribution in [0.3, 0.4) is 0 Å². The molecule has 0 atom stereocenters. The molecule has 6 heteroatoms. The number of hydrogen-bond donors (Lipinski definition) is 1. The molecule has 0 aliphatic carbocycles. The highest BCUT2D eigenvalue weighted by Crippen LogP contribution is 2.16. The van der Waals surface area contributed by atoms with E-state index in [1.54, 1.807) is 47.4 Å². The van der Waals surface area contributed by atoms with E-state index in [4.69, 9.17) is 0 Å². The summed E-state index contributed by atoms with van der Waals surface area (Å²) in [5.41, 5.74) is 0.784. The van der Waals surface area contributed by atoms with E-state index in [9.17, 15) is 9.59 Å². The van der Waals surface area contributed by atoms with Gasteiger partial charge in [0.15, 0.2) is 0 Å². The first-order chi connectivity index (χ1) is 9.70. The number of aryl methyl sites for hydroxylation is 1. The molecule has 104 valence electrons. The molecule has 1 aromatic heterocycles.